The molecule has 0 saturated carbocycles. The highest BCUT2D eigenvalue weighted by Gasteiger charge is 2.47. The number of ether oxygens (including phenoxy) is 5. The number of carbonyl (C=O) groups is 5. The van der Waals surface area contributed by atoms with Crippen LogP contribution in [0.2, 0.25) is 0 Å². The minimum absolute atomic E-state index is 0.0121. The molecule has 0 radical (unpaired) electrons. The van der Waals surface area contributed by atoms with Crippen molar-refractivity contribution in [2.45, 2.75) is 64.4 Å². The van der Waals surface area contributed by atoms with Crippen molar-refractivity contribution in [2.24, 2.45) is 0 Å². The Balaban J connectivity index is 3.04. The monoisotopic (exact) mass is 430 g/mol. The van der Waals surface area contributed by atoms with Crippen LogP contribution in [0.4, 0.5) is 0 Å². The van der Waals surface area contributed by atoms with Gasteiger partial charge in [0.25, 0.3) is 0 Å². The third-order valence-electron chi connectivity index (χ3n) is 3.97. The first-order valence-corrected chi connectivity index (χ1v) is 9.49. The minimum atomic E-state index is -1.33. The zero-order chi connectivity index (χ0) is 22.7. The molecule has 0 aliphatic carbocycles. The van der Waals surface area contributed by atoms with Gasteiger partial charge in [-0.05, 0) is 0 Å². The maximum Gasteiger partial charge on any atom is 0.331 e. The lowest BCUT2D eigenvalue weighted by Crippen LogP contribution is -2.58. The number of carbonyl (C=O) groups excluding carboxylic acids is 4. The van der Waals surface area contributed by atoms with E-state index in [-0.39, 0.29) is 25.9 Å². The van der Waals surface area contributed by atoms with Crippen LogP contribution in [0.15, 0.2) is 12.2 Å². The van der Waals surface area contributed by atoms with E-state index in [4.69, 9.17) is 28.8 Å². The summed E-state index contributed by atoms with van der Waals surface area (Å²) < 4.78 is 26.5. The van der Waals surface area contributed by atoms with E-state index in [0.717, 1.165) is 0 Å². The predicted octanol–water partition coefficient (Wildman–Crippen LogP) is 0.535. The Morgan fingerprint density at radius 2 is 1.40 bits per heavy atom. The second kappa shape index (κ2) is 12.6. The van der Waals surface area contributed by atoms with Crippen molar-refractivity contribution < 1.29 is 52.8 Å². The molecule has 1 fully saturated rings. The number of rotatable bonds is 10. The van der Waals surface area contributed by atoms with Gasteiger partial charge < -0.3 is 28.8 Å². The average molecular weight is 430 g/mol. The molecule has 0 aromatic carbocycles. The van der Waals surface area contributed by atoms with E-state index in [1.54, 1.807) is 20.8 Å². The van der Waals surface area contributed by atoms with E-state index in [1.165, 1.54) is 0 Å². The summed E-state index contributed by atoms with van der Waals surface area (Å²) in [7, 11) is 0. The lowest BCUT2D eigenvalue weighted by molar-refractivity contribution is -0.232. The van der Waals surface area contributed by atoms with Crippen molar-refractivity contribution in [1.82, 2.24) is 0 Å². The minimum Gasteiger partial charge on any atom is -0.478 e. The van der Waals surface area contributed by atoms with Crippen LogP contribution in [0.3, 0.4) is 0 Å². The van der Waals surface area contributed by atoms with Crippen LogP contribution in [0.5, 0.6) is 0 Å². The van der Waals surface area contributed by atoms with Gasteiger partial charge in [-0.3, -0.25) is 14.4 Å². The molecule has 168 valence electrons. The topological polar surface area (TPSA) is 152 Å². The first kappa shape index (κ1) is 25.1. The molecule has 0 spiro atoms. The Kier molecular flexibility index (Phi) is 10.5. The lowest BCUT2D eigenvalue weighted by Gasteiger charge is -2.40. The molecule has 1 N–H and O–H groups in total. The zero-order valence-corrected chi connectivity index (χ0v) is 17.0. The van der Waals surface area contributed by atoms with Crippen molar-refractivity contribution in [3.8, 4) is 0 Å². The third-order valence-corrected chi connectivity index (χ3v) is 3.97. The molecule has 30 heavy (non-hydrogen) atoms. The van der Waals surface area contributed by atoms with Gasteiger partial charge in [0, 0.05) is 31.4 Å². The summed E-state index contributed by atoms with van der Waals surface area (Å²) >= 11 is 0. The molecule has 0 amide bonds. The fraction of sp³-hybridized carbons (Fsp3) is 0.632. The van der Waals surface area contributed by atoms with E-state index in [9.17, 15) is 24.0 Å². The largest absolute Gasteiger partial charge is 0.478 e. The highest BCUT2D eigenvalue weighted by Crippen LogP contribution is 2.25. The van der Waals surface area contributed by atoms with E-state index in [2.05, 4.69) is 0 Å². The number of carboxylic acids is 1. The fourth-order valence-corrected chi connectivity index (χ4v) is 2.44. The molecule has 11 heteroatoms. The van der Waals surface area contributed by atoms with Crippen molar-refractivity contribution >= 4 is 29.8 Å². The Morgan fingerprint density at radius 1 is 0.867 bits per heavy atom. The van der Waals surface area contributed by atoms with Crippen LogP contribution in [0, 0.1) is 0 Å². The lowest BCUT2D eigenvalue weighted by atomic mass is 9.99. The SMILES string of the molecule is CCC(=O)O[C@@H]1[C@H](OC(=O)CC)[C@H](COC(=O)/C=C/C(=O)O)OC[C@@H]1OC(=O)CC. The summed E-state index contributed by atoms with van der Waals surface area (Å²) in [4.78, 5) is 57.7. The Morgan fingerprint density at radius 3 is 1.93 bits per heavy atom. The summed E-state index contributed by atoms with van der Waals surface area (Å²) in [5.74, 6) is -4.10. The number of esters is 4. The molecule has 1 aliphatic rings. The van der Waals surface area contributed by atoms with Crippen LogP contribution >= 0.6 is 0 Å². The zero-order valence-electron chi connectivity index (χ0n) is 17.0. The van der Waals surface area contributed by atoms with Gasteiger partial charge in [0.15, 0.2) is 18.3 Å². The van der Waals surface area contributed by atoms with Crippen molar-refractivity contribution in [1.29, 1.82) is 0 Å². The highest BCUT2D eigenvalue weighted by molar-refractivity contribution is 5.90. The van der Waals surface area contributed by atoms with E-state index in [1.807, 2.05) is 0 Å². The summed E-state index contributed by atoms with van der Waals surface area (Å²) in [5, 5.41) is 8.54. The van der Waals surface area contributed by atoms with Crippen LogP contribution < -0.4 is 0 Å². The Labute approximate surface area is 173 Å². The number of aliphatic carboxylic acids is 1. The first-order valence-electron chi connectivity index (χ1n) is 9.49. The van der Waals surface area contributed by atoms with Gasteiger partial charge in [-0.1, -0.05) is 20.8 Å². The summed E-state index contributed by atoms with van der Waals surface area (Å²) in [6.45, 7) is 4.09. The quantitative estimate of drug-likeness (QED) is 0.293. The maximum atomic E-state index is 11.9. The van der Waals surface area contributed by atoms with Crippen LogP contribution in [-0.2, 0) is 47.7 Å². The molecule has 0 bridgehead atoms. The molecule has 0 aromatic heterocycles. The average Bonchev–Trinajstić information content (AvgIpc) is 2.72. The van der Waals surface area contributed by atoms with Crippen molar-refractivity contribution in [2.75, 3.05) is 13.2 Å². The van der Waals surface area contributed by atoms with Gasteiger partial charge in [0.05, 0.1) is 6.61 Å². The van der Waals surface area contributed by atoms with E-state index >= 15 is 0 Å². The molecular formula is C19H26O11. The molecule has 11 nitrogen and oxygen atoms in total. The Hall–Kier alpha value is -2.95. The standard InChI is InChI=1S/C19H26O11/c1-4-14(22)28-12-10-26-11(9-27-17(25)8-7-13(20)21)18(29-15(23)5-2)19(12)30-16(24)6-3/h7-8,11-12,18-19H,4-6,9-10H2,1-3H3,(H,20,21)/b8-7+/t11-,12-,18+,19-/m0/s1. The van der Waals surface area contributed by atoms with Gasteiger partial charge in [-0.25, -0.2) is 9.59 Å². The van der Waals surface area contributed by atoms with Gasteiger partial charge in [-0.15, -0.1) is 0 Å². The summed E-state index contributed by atoms with van der Waals surface area (Å²) in [6.07, 6.45) is -3.03. The summed E-state index contributed by atoms with van der Waals surface area (Å²) in [6, 6.07) is 0. The number of hydrogen-bond donors (Lipinski definition) is 1. The van der Waals surface area contributed by atoms with Gasteiger partial charge in [0.1, 0.15) is 12.7 Å². The van der Waals surface area contributed by atoms with Gasteiger partial charge in [0.2, 0.25) is 0 Å². The summed E-state index contributed by atoms with van der Waals surface area (Å²) in [5.41, 5.74) is 0. The molecule has 1 aliphatic heterocycles. The van der Waals surface area contributed by atoms with Crippen LogP contribution in [0.25, 0.3) is 0 Å². The smallest absolute Gasteiger partial charge is 0.331 e. The third kappa shape index (κ3) is 8.19. The Bertz CT molecular complexity index is 669. The molecule has 4 atom stereocenters. The molecule has 1 saturated heterocycles. The van der Waals surface area contributed by atoms with E-state index in [0.29, 0.717) is 12.2 Å². The number of hydrogen-bond acceptors (Lipinski definition) is 10. The second-order valence-corrected chi connectivity index (χ2v) is 6.17. The van der Waals surface area contributed by atoms with Crippen molar-refractivity contribution in [3.63, 3.8) is 0 Å². The molecular weight excluding hydrogens is 404 g/mol. The van der Waals surface area contributed by atoms with Gasteiger partial charge >= 0.3 is 29.8 Å². The van der Waals surface area contributed by atoms with Gasteiger partial charge in [-0.2, -0.15) is 0 Å². The molecule has 1 rings (SSSR count). The van der Waals surface area contributed by atoms with Crippen LogP contribution in [-0.4, -0.2) is 72.6 Å². The van der Waals surface area contributed by atoms with Crippen LogP contribution in [0.1, 0.15) is 40.0 Å². The van der Waals surface area contributed by atoms with E-state index < -0.39 is 60.9 Å². The second-order valence-electron chi connectivity index (χ2n) is 6.17. The predicted molar refractivity (Wildman–Crippen MR) is 98.0 cm³/mol. The molecule has 1 heterocycles. The molecule has 0 aromatic rings. The normalized spacial score (nSPS) is 23.4. The number of carboxylic acid groups (broad SMARTS) is 1. The maximum absolute atomic E-state index is 11.9. The highest BCUT2D eigenvalue weighted by atomic mass is 16.7. The fourth-order valence-electron chi connectivity index (χ4n) is 2.44. The first-order chi connectivity index (χ1) is 14.2. The van der Waals surface area contributed by atoms with Crippen molar-refractivity contribution in [3.05, 3.63) is 12.2 Å². The molecule has 0 unspecified atom stereocenters.